The van der Waals surface area contributed by atoms with Gasteiger partial charge in [0.05, 0.1) is 24.6 Å². The number of morpholine rings is 1. The van der Waals surface area contributed by atoms with Crippen molar-refractivity contribution in [2.24, 2.45) is 5.92 Å². The molecule has 0 bridgehead atoms. The minimum atomic E-state index is -3.83. The maximum absolute atomic E-state index is 13.2. The van der Waals surface area contributed by atoms with E-state index in [1.807, 2.05) is 20.8 Å². The van der Waals surface area contributed by atoms with Crippen LogP contribution < -0.4 is 0 Å². The second-order valence-corrected chi connectivity index (χ2v) is 8.26. The number of carbonyl (C=O) groups excluding carboxylic acids is 1. The number of esters is 1. The van der Waals surface area contributed by atoms with Gasteiger partial charge in [-0.1, -0.05) is 31.5 Å². The maximum atomic E-state index is 13.2. The highest BCUT2D eigenvalue weighted by Gasteiger charge is 2.48. The molecule has 8 heteroatoms. The van der Waals surface area contributed by atoms with Crippen LogP contribution in [0.4, 0.5) is 0 Å². The minimum Gasteiger partial charge on any atom is -0.467 e. The summed E-state index contributed by atoms with van der Waals surface area (Å²) in [5.41, 5.74) is 0.962. The van der Waals surface area contributed by atoms with Crippen molar-refractivity contribution in [2.75, 3.05) is 20.8 Å². The molecule has 2 rings (SSSR count). The van der Waals surface area contributed by atoms with Crippen LogP contribution >= 0.6 is 0 Å². The standard InChI is InChI=1S/C17H25NO6S/c1-11(2)15-16(17(19)23-5)24-14(22-4)10-18(15)25(20,21)13-8-6-12(3)7-9-13/h6-9,11,14-16H,10H2,1-5H3/t14-,15-,16-/m1/s1. The van der Waals surface area contributed by atoms with Crippen molar-refractivity contribution >= 4 is 16.0 Å². The number of benzene rings is 1. The Balaban J connectivity index is 2.49. The third kappa shape index (κ3) is 4.03. The molecule has 1 aliphatic rings. The van der Waals surface area contributed by atoms with E-state index >= 15 is 0 Å². The summed E-state index contributed by atoms with van der Waals surface area (Å²) < 4.78 is 43.3. The number of ether oxygens (including phenoxy) is 3. The van der Waals surface area contributed by atoms with Crippen LogP contribution in [0.25, 0.3) is 0 Å². The average molecular weight is 371 g/mol. The number of methoxy groups -OCH3 is 2. The van der Waals surface area contributed by atoms with Gasteiger partial charge in [-0.05, 0) is 25.0 Å². The molecule has 140 valence electrons. The zero-order chi connectivity index (χ0) is 18.8. The number of nitrogens with zero attached hydrogens (tertiary/aromatic N) is 1. The third-order valence-corrected chi connectivity index (χ3v) is 6.15. The molecule has 1 fully saturated rings. The molecule has 0 amide bonds. The summed E-state index contributed by atoms with van der Waals surface area (Å²) in [5, 5.41) is 0. The van der Waals surface area contributed by atoms with E-state index in [4.69, 9.17) is 14.2 Å². The number of carbonyl (C=O) groups is 1. The van der Waals surface area contributed by atoms with Crippen molar-refractivity contribution < 1.29 is 27.4 Å². The summed E-state index contributed by atoms with van der Waals surface area (Å²) in [6.07, 6.45) is -1.90. The van der Waals surface area contributed by atoms with Crippen LogP contribution in [0.15, 0.2) is 29.2 Å². The van der Waals surface area contributed by atoms with Crippen LogP contribution in [0.5, 0.6) is 0 Å². The van der Waals surface area contributed by atoms with E-state index in [-0.39, 0.29) is 17.4 Å². The van der Waals surface area contributed by atoms with E-state index in [1.165, 1.54) is 18.5 Å². The summed E-state index contributed by atoms with van der Waals surface area (Å²) >= 11 is 0. The van der Waals surface area contributed by atoms with E-state index < -0.39 is 34.4 Å². The van der Waals surface area contributed by atoms with Gasteiger partial charge in [-0.3, -0.25) is 0 Å². The van der Waals surface area contributed by atoms with Crippen molar-refractivity contribution in [3.63, 3.8) is 0 Å². The first kappa shape index (κ1) is 19.8. The zero-order valence-electron chi connectivity index (χ0n) is 15.1. The lowest BCUT2D eigenvalue weighted by molar-refractivity contribution is -0.218. The van der Waals surface area contributed by atoms with Gasteiger partial charge in [-0.25, -0.2) is 13.2 Å². The molecule has 0 saturated carbocycles. The van der Waals surface area contributed by atoms with Crippen molar-refractivity contribution in [1.82, 2.24) is 4.31 Å². The van der Waals surface area contributed by atoms with E-state index in [1.54, 1.807) is 24.3 Å². The van der Waals surface area contributed by atoms with Gasteiger partial charge in [0.25, 0.3) is 0 Å². The summed E-state index contributed by atoms with van der Waals surface area (Å²) in [7, 11) is -1.17. The second-order valence-electron chi connectivity index (χ2n) is 6.37. The molecule has 0 radical (unpaired) electrons. The molecule has 25 heavy (non-hydrogen) atoms. The largest absolute Gasteiger partial charge is 0.467 e. The van der Waals surface area contributed by atoms with Crippen molar-refractivity contribution in [3.8, 4) is 0 Å². The molecule has 1 saturated heterocycles. The molecule has 0 N–H and O–H groups in total. The molecule has 7 nitrogen and oxygen atoms in total. The van der Waals surface area contributed by atoms with Crippen molar-refractivity contribution in [1.29, 1.82) is 0 Å². The fourth-order valence-corrected chi connectivity index (χ4v) is 4.68. The Bertz CT molecular complexity index is 700. The van der Waals surface area contributed by atoms with Crippen LogP contribution in [-0.4, -0.2) is 57.9 Å². The number of hydrogen-bond acceptors (Lipinski definition) is 6. The second kappa shape index (κ2) is 7.82. The van der Waals surface area contributed by atoms with Gasteiger partial charge in [-0.2, -0.15) is 4.31 Å². The Morgan fingerprint density at radius 1 is 1.24 bits per heavy atom. The molecule has 1 heterocycles. The number of aryl methyl sites for hydroxylation is 1. The van der Waals surface area contributed by atoms with Crippen LogP contribution in [0, 0.1) is 12.8 Å². The Hall–Kier alpha value is -1.48. The molecular formula is C17H25NO6S. The highest BCUT2D eigenvalue weighted by atomic mass is 32.2. The molecule has 3 atom stereocenters. The molecule has 1 aliphatic heterocycles. The summed E-state index contributed by atoms with van der Waals surface area (Å²) in [6.45, 7) is 5.57. The number of sulfonamides is 1. The minimum absolute atomic E-state index is 0.00303. The maximum Gasteiger partial charge on any atom is 0.336 e. The topological polar surface area (TPSA) is 82.1 Å². The Morgan fingerprint density at radius 2 is 1.84 bits per heavy atom. The van der Waals surface area contributed by atoms with Crippen LogP contribution in [-0.2, 0) is 29.0 Å². The normalized spacial score (nSPS) is 25.1. The van der Waals surface area contributed by atoms with Crippen molar-refractivity contribution in [3.05, 3.63) is 29.8 Å². The highest BCUT2D eigenvalue weighted by Crippen LogP contribution is 2.31. The zero-order valence-corrected chi connectivity index (χ0v) is 15.9. The molecule has 0 aliphatic carbocycles. The Kier molecular flexibility index (Phi) is 6.21. The van der Waals surface area contributed by atoms with Gasteiger partial charge in [0.2, 0.25) is 10.0 Å². The first-order valence-corrected chi connectivity index (χ1v) is 9.51. The lowest BCUT2D eigenvalue weighted by Crippen LogP contribution is -2.61. The predicted octanol–water partition coefficient (Wildman–Crippen LogP) is 1.55. The third-order valence-electron chi connectivity index (χ3n) is 4.28. The monoisotopic (exact) mass is 371 g/mol. The Labute approximate surface area is 148 Å². The van der Waals surface area contributed by atoms with E-state index in [0.29, 0.717) is 0 Å². The summed E-state index contributed by atoms with van der Waals surface area (Å²) in [4.78, 5) is 12.3. The van der Waals surface area contributed by atoms with Crippen LogP contribution in [0.1, 0.15) is 19.4 Å². The lowest BCUT2D eigenvalue weighted by atomic mass is 9.97. The predicted molar refractivity (Wildman–Crippen MR) is 91.4 cm³/mol. The van der Waals surface area contributed by atoms with Gasteiger partial charge in [0, 0.05) is 7.11 Å². The molecule has 1 aromatic rings. The van der Waals surface area contributed by atoms with E-state index in [9.17, 15) is 13.2 Å². The summed E-state index contributed by atoms with van der Waals surface area (Å²) in [5.74, 6) is -0.785. The van der Waals surface area contributed by atoms with E-state index in [0.717, 1.165) is 5.56 Å². The molecule has 1 aromatic carbocycles. The Morgan fingerprint density at radius 3 is 2.32 bits per heavy atom. The van der Waals surface area contributed by atoms with E-state index in [2.05, 4.69) is 0 Å². The van der Waals surface area contributed by atoms with Crippen LogP contribution in [0.3, 0.4) is 0 Å². The molecule has 0 unspecified atom stereocenters. The molecule has 0 spiro atoms. The average Bonchev–Trinajstić information content (AvgIpc) is 2.59. The smallest absolute Gasteiger partial charge is 0.336 e. The van der Waals surface area contributed by atoms with Crippen LogP contribution in [0.2, 0.25) is 0 Å². The van der Waals surface area contributed by atoms with Crippen molar-refractivity contribution in [2.45, 2.75) is 44.1 Å². The highest BCUT2D eigenvalue weighted by molar-refractivity contribution is 7.89. The van der Waals surface area contributed by atoms with Gasteiger partial charge in [-0.15, -0.1) is 0 Å². The SMILES string of the molecule is COC(=O)[C@@H]1O[C@@H](OC)CN(S(=O)(=O)c2ccc(C)cc2)[C@@H]1C(C)C. The fraction of sp³-hybridized carbons (Fsp3) is 0.588. The summed E-state index contributed by atoms with van der Waals surface area (Å²) in [6, 6.07) is 5.91. The molecular weight excluding hydrogens is 346 g/mol. The number of rotatable bonds is 5. The first-order valence-electron chi connectivity index (χ1n) is 8.07. The lowest BCUT2D eigenvalue weighted by Gasteiger charge is -2.43. The fourth-order valence-electron chi connectivity index (χ4n) is 2.93. The molecule has 0 aromatic heterocycles. The number of hydrogen-bond donors (Lipinski definition) is 0. The quantitative estimate of drug-likeness (QED) is 0.731. The van der Waals surface area contributed by atoms with Gasteiger partial charge < -0.3 is 14.2 Å². The van der Waals surface area contributed by atoms with Gasteiger partial charge in [0.15, 0.2) is 12.4 Å². The van der Waals surface area contributed by atoms with Gasteiger partial charge in [0.1, 0.15) is 0 Å². The van der Waals surface area contributed by atoms with Gasteiger partial charge >= 0.3 is 5.97 Å². The first-order chi connectivity index (χ1) is 11.7.